The third-order valence-corrected chi connectivity index (χ3v) is 3.40. The first-order valence-electron chi connectivity index (χ1n) is 7.61. The van der Waals surface area contributed by atoms with E-state index in [2.05, 4.69) is 5.32 Å². The van der Waals surface area contributed by atoms with Gasteiger partial charge in [0.15, 0.2) is 0 Å². The third kappa shape index (κ3) is 5.29. The second kappa shape index (κ2) is 8.17. The summed E-state index contributed by atoms with van der Waals surface area (Å²) in [5.74, 6) is 0.337. The number of benzene rings is 2. The van der Waals surface area contributed by atoms with Gasteiger partial charge in [-0.3, -0.25) is 4.79 Å². The molecule has 0 fully saturated rings. The lowest BCUT2D eigenvalue weighted by Crippen LogP contribution is -2.22. The summed E-state index contributed by atoms with van der Waals surface area (Å²) in [7, 11) is 0. The number of anilines is 1. The molecule has 0 spiro atoms. The van der Waals surface area contributed by atoms with Crippen LogP contribution in [0.3, 0.4) is 0 Å². The van der Waals surface area contributed by atoms with Gasteiger partial charge in [-0.25, -0.2) is 4.39 Å². The molecular formula is C18H21FN2O2. The maximum Gasteiger partial charge on any atom is 0.220 e. The first-order chi connectivity index (χ1) is 11.1. The Hall–Kier alpha value is -2.56. The lowest BCUT2D eigenvalue weighted by Gasteiger charge is -2.11. The number of carbonyl (C=O) groups is 1. The topological polar surface area (TPSA) is 64.3 Å². The average Bonchev–Trinajstić information content (AvgIpc) is 2.54. The molecule has 0 saturated carbocycles. The van der Waals surface area contributed by atoms with E-state index in [1.54, 1.807) is 18.2 Å². The quantitative estimate of drug-likeness (QED) is 0.772. The van der Waals surface area contributed by atoms with Crippen molar-refractivity contribution in [2.75, 3.05) is 12.3 Å². The first kappa shape index (κ1) is 16.8. The Balaban J connectivity index is 1.91. The fourth-order valence-electron chi connectivity index (χ4n) is 2.17. The van der Waals surface area contributed by atoms with Crippen LogP contribution in [-0.4, -0.2) is 12.5 Å². The summed E-state index contributed by atoms with van der Waals surface area (Å²) >= 11 is 0. The van der Waals surface area contributed by atoms with Crippen molar-refractivity contribution in [2.45, 2.75) is 26.4 Å². The number of nitrogen functional groups attached to an aromatic ring is 1. The van der Waals surface area contributed by atoms with Crippen LogP contribution in [0, 0.1) is 5.82 Å². The molecule has 2 rings (SSSR count). The minimum absolute atomic E-state index is 0.0303. The highest BCUT2D eigenvalue weighted by atomic mass is 19.1. The minimum atomic E-state index is -0.273. The van der Waals surface area contributed by atoms with Crippen molar-refractivity contribution >= 4 is 11.6 Å². The molecule has 5 heteroatoms. The molecule has 0 bridgehead atoms. The van der Waals surface area contributed by atoms with Gasteiger partial charge in [0.05, 0.1) is 5.69 Å². The van der Waals surface area contributed by atoms with Crippen LogP contribution >= 0.6 is 0 Å². The molecule has 2 aromatic rings. The van der Waals surface area contributed by atoms with Crippen molar-refractivity contribution < 1.29 is 13.9 Å². The monoisotopic (exact) mass is 316 g/mol. The average molecular weight is 316 g/mol. The lowest BCUT2D eigenvalue weighted by molar-refractivity contribution is -0.120. The molecule has 0 heterocycles. The Bertz CT molecular complexity index is 657. The molecule has 2 aromatic carbocycles. The van der Waals surface area contributed by atoms with E-state index in [9.17, 15) is 9.18 Å². The van der Waals surface area contributed by atoms with Gasteiger partial charge in [-0.15, -0.1) is 0 Å². The number of carbonyl (C=O) groups excluding carboxylic acids is 1. The molecule has 0 atom stereocenters. The van der Waals surface area contributed by atoms with Crippen LogP contribution in [0.25, 0.3) is 0 Å². The zero-order valence-electron chi connectivity index (χ0n) is 13.1. The SMILES string of the molecule is CCNC(=O)CCc1ccc(OCc2ccc(F)cc2)c(N)c1. The number of aryl methyl sites for hydroxylation is 1. The molecule has 0 aliphatic rings. The number of nitrogens with one attached hydrogen (secondary N) is 1. The van der Waals surface area contributed by atoms with Crippen LogP contribution in [0.4, 0.5) is 10.1 Å². The number of hydrogen-bond acceptors (Lipinski definition) is 3. The van der Waals surface area contributed by atoms with Crippen molar-refractivity contribution in [3.8, 4) is 5.75 Å². The highest BCUT2D eigenvalue weighted by Gasteiger charge is 2.05. The fraction of sp³-hybridized carbons (Fsp3) is 0.278. The minimum Gasteiger partial charge on any atom is -0.487 e. The number of ether oxygens (including phenoxy) is 1. The molecule has 3 N–H and O–H groups in total. The van der Waals surface area contributed by atoms with Crippen molar-refractivity contribution in [3.05, 3.63) is 59.4 Å². The van der Waals surface area contributed by atoms with Crippen LogP contribution < -0.4 is 15.8 Å². The number of nitrogens with two attached hydrogens (primary N) is 1. The molecule has 0 unspecified atom stereocenters. The maximum atomic E-state index is 12.8. The molecule has 0 radical (unpaired) electrons. The molecule has 0 saturated heterocycles. The molecule has 23 heavy (non-hydrogen) atoms. The Morgan fingerprint density at radius 3 is 2.52 bits per heavy atom. The van der Waals surface area contributed by atoms with Gasteiger partial charge in [-0.05, 0) is 48.7 Å². The predicted octanol–water partition coefficient (Wildman–Crippen LogP) is 3.06. The molecule has 0 aliphatic heterocycles. The van der Waals surface area contributed by atoms with E-state index in [0.717, 1.165) is 11.1 Å². The maximum absolute atomic E-state index is 12.8. The van der Waals surface area contributed by atoms with Gasteiger partial charge < -0.3 is 15.8 Å². The molecule has 122 valence electrons. The predicted molar refractivity (Wildman–Crippen MR) is 88.6 cm³/mol. The van der Waals surface area contributed by atoms with Gasteiger partial charge in [0.2, 0.25) is 5.91 Å². The number of hydrogen-bond donors (Lipinski definition) is 2. The van der Waals surface area contributed by atoms with E-state index in [1.807, 2.05) is 19.1 Å². The van der Waals surface area contributed by atoms with E-state index in [1.165, 1.54) is 12.1 Å². The van der Waals surface area contributed by atoms with Crippen LogP contribution in [-0.2, 0) is 17.8 Å². The zero-order valence-corrected chi connectivity index (χ0v) is 13.1. The van der Waals surface area contributed by atoms with Crippen LogP contribution in [0.1, 0.15) is 24.5 Å². The highest BCUT2D eigenvalue weighted by molar-refractivity contribution is 5.76. The molecule has 1 amide bonds. The van der Waals surface area contributed by atoms with Crippen LogP contribution in [0.2, 0.25) is 0 Å². The van der Waals surface area contributed by atoms with E-state index >= 15 is 0 Å². The van der Waals surface area contributed by atoms with Crippen molar-refractivity contribution in [2.24, 2.45) is 0 Å². The Labute approximate surface area is 135 Å². The second-order valence-electron chi connectivity index (χ2n) is 5.24. The standard InChI is InChI=1S/C18H21FN2O2/c1-2-21-18(22)10-6-13-5-9-17(16(20)11-13)23-12-14-3-7-15(19)8-4-14/h3-5,7-9,11H,2,6,10,12,20H2,1H3,(H,21,22). The van der Waals surface area contributed by atoms with Gasteiger partial charge in [0, 0.05) is 13.0 Å². The van der Waals surface area contributed by atoms with Gasteiger partial charge in [-0.1, -0.05) is 18.2 Å². The Kier molecular flexibility index (Phi) is 5.97. The van der Waals surface area contributed by atoms with Gasteiger partial charge in [0.1, 0.15) is 18.2 Å². The Morgan fingerprint density at radius 1 is 1.17 bits per heavy atom. The van der Waals surface area contributed by atoms with Crippen molar-refractivity contribution in [1.82, 2.24) is 5.32 Å². The van der Waals surface area contributed by atoms with E-state index in [-0.39, 0.29) is 11.7 Å². The largest absolute Gasteiger partial charge is 0.487 e. The summed E-state index contributed by atoms with van der Waals surface area (Å²) in [5.41, 5.74) is 8.37. The van der Waals surface area contributed by atoms with Crippen molar-refractivity contribution in [1.29, 1.82) is 0 Å². The van der Waals surface area contributed by atoms with E-state index in [4.69, 9.17) is 10.5 Å². The van der Waals surface area contributed by atoms with Crippen LogP contribution in [0.15, 0.2) is 42.5 Å². The number of halogens is 1. The van der Waals surface area contributed by atoms with E-state index < -0.39 is 0 Å². The van der Waals surface area contributed by atoms with Crippen molar-refractivity contribution in [3.63, 3.8) is 0 Å². The summed E-state index contributed by atoms with van der Waals surface area (Å²) < 4.78 is 18.5. The van der Waals surface area contributed by atoms with Gasteiger partial charge in [0.25, 0.3) is 0 Å². The number of rotatable bonds is 7. The molecule has 0 aliphatic carbocycles. The first-order valence-corrected chi connectivity index (χ1v) is 7.61. The summed E-state index contributed by atoms with van der Waals surface area (Å²) in [5, 5.41) is 2.76. The summed E-state index contributed by atoms with van der Waals surface area (Å²) in [6.45, 7) is 2.85. The lowest BCUT2D eigenvalue weighted by atomic mass is 10.1. The molecule has 4 nitrogen and oxygen atoms in total. The summed E-state index contributed by atoms with van der Waals surface area (Å²) in [4.78, 5) is 11.5. The summed E-state index contributed by atoms with van der Waals surface area (Å²) in [6.07, 6.45) is 1.07. The smallest absolute Gasteiger partial charge is 0.220 e. The normalized spacial score (nSPS) is 10.3. The Morgan fingerprint density at radius 2 is 1.87 bits per heavy atom. The third-order valence-electron chi connectivity index (χ3n) is 3.40. The van der Waals surface area contributed by atoms with Gasteiger partial charge >= 0.3 is 0 Å². The number of amides is 1. The molecule has 0 aromatic heterocycles. The fourth-order valence-corrected chi connectivity index (χ4v) is 2.17. The summed E-state index contributed by atoms with van der Waals surface area (Å²) in [6, 6.07) is 11.7. The van der Waals surface area contributed by atoms with Crippen LogP contribution in [0.5, 0.6) is 5.75 Å². The second-order valence-corrected chi connectivity index (χ2v) is 5.24. The zero-order chi connectivity index (χ0) is 16.7. The van der Waals surface area contributed by atoms with E-state index in [0.29, 0.717) is 37.4 Å². The van der Waals surface area contributed by atoms with Gasteiger partial charge in [-0.2, -0.15) is 0 Å². The highest BCUT2D eigenvalue weighted by Crippen LogP contribution is 2.24. The molecular weight excluding hydrogens is 295 g/mol.